The van der Waals surface area contributed by atoms with Crippen molar-refractivity contribution in [1.82, 2.24) is 4.98 Å². The Labute approximate surface area is 114 Å². The van der Waals surface area contributed by atoms with Gasteiger partial charge in [-0.05, 0) is 23.8 Å². The first-order chi connectivity index (χ1) is 8.69. The maximum Gasteiger partial charge on any atom is 0.168 e. The lowest BCUT2D eigenvalue weighted by atomic mass is 10.0. The van der Waals surface area contributed by atoms with E-state index < -0.39 is 0 Å². The molecule has 0 aliphatic heterocycles. The fourth-order valence-electron chi connectivity index (χ4n) is 1.62. The minimum Gasteiger partial charge on any atom is -0.495 e. The first kappa shape index (κ1) is 12.8. The van der Waals surface area contributed by atoms with Crippen LogP contribution in [0.5, 0.6) is 5.75 Å². The highest BCUT2D eigenvalue weighted by Gasteiger charge is 2.08. The Morgan fingerprint density at radius 2 is 2.17 bits per heavy atom. The number of Topliss-reactive ketones (excluding diaryl/α,β-unsaturated/α-hetero) is 1. The molecular formula is C14H12BrNO2. The van der Waals surface area contributed by atoms with Crippen LogP contribution in [-0.2, 0) is 6.42 Å². The Morgan fingerprint density at radius 3 is 2.89 bits per heavy atom. The molecule has 0 amide bonds. The molecule has 0 bridgehead atoms. The molecule has 2 aromatic rings. The van der Waals surface area contributed by atoms with Crippen molar-refractivity contribution in [2.24, 2.45) is 0 Å². The highest BCUT2D eigenvalue weighted by atomic mass is 79.9. The zero-order chi connectivity index (χ0) is 13.0. The summed E-state index contributed by atoms with van der Waals surface area (Å²) in [6.07, 6.45) is 3.49. The van der Waals surface area contributed by atoms with Crippen LogP contribution in [0.15, 0.2) is 47.2 Å². The molecule has 0 radical (unpaired) electrons. The Bertz CT molecular complexity index is 569. The number of carbonyl (C=O) groups is 1. The molecule has 3 nitrogen and oxygen atoms in total. The lowest BCUT2D eigenvalue weighted by Crippen LogP contribution is -2.04. The van der Waals surface area contributed by atoms with Crippen molar-refractivity contribution in [3.63, 3.8) is 0 Å². The molecule has 4 heteroatoms. The van der Waals surface area contributed by atoms with Crippen molar-refractivity contribution >= 4 is 21.7 Å². The first-order valence-corrected chi connectivity index (χ1v) is 6.25. The summed E-state index contributed by atoms with van der Waals surface area (Å²) >= 11 is 3.39. The maximum absolute atomic E-state index is 12.1. The smallest absolute Gasteiger partial charge is 0.168 e. The number of ketones is 1. The fourth-order valence-corrected chi connectivity index (χ4v) is 2.06. The molecule has 0 unspecified atom stereocenters. The normalized spacial score (nSPS) is 10.1. The number of halogens is 1. The van der Waals surface area contributed by atoms with Crippen LogP contribution in [0, 0.1) is 0 Å². The molecule has 18 heavy (non-hydrogen) atoms. The summed E-state index contributed by atoms with van der Waals surface area (Å²) in [6.45, 7) is 0. The molecular weight excluding hydrogens is 294 g/mol. The second-order valence-electron chi connectivity index (χ2n) is 3.84. The molecule has 0 spiro atoms. The van der Waals surface area contributed by atoms with Gasteiger partial charge >= 0.3 is 0 Å². The highest BCUT2D eigenvalue weighted by Crippen LogP contribution is 2.16. The summed E-state index contributed by atoms with van der Waals surface area (Å²) in [5, 5.41) is 0. The van der Waals surface area contributed by atoms with Crippen LogP contribution < -0.4 is 4.74 Å². The second kappa shape index (κ2) is 5.78. The van der Waals surface area contributed by atoms with Gasteiger partial charge in [0.15, 0.2) is 5.78 Å². The first-order valence-electron chi connectivity index (χ1n) is 5.46. The van der Waals surface area contributed by atoms with Crippen molar-refractivity contribution in [2.75, 3.05) is 7.11 Å². The second-order valence-corrected chi connectivity index (χ2v) is 4.76. The number of hydrogen-bond donors (Lipinski definition) is 0. The van der Waals surface area contributed by atoms with Crippen LogP contribution in [0.1, 0.15) is 15.9 Å². The molecule has 1 heterocycles. The number of benzene rings is 1. The topological polar surface area (TPSA) is 39.2 Å². The summed E-state index contributed by atoms with van der Waals surface area (Å²) in [5.41, 5.74) is 1.53. The molecule has 2 rings (SSSR count). The van der Waals surface area contributed by atoms with Crippen LogP contribution in [-0.4, -0.2) is 17.9 Å². The van der Waals surface area contributed by atoms with Crippen LogP contribution >= 0.6 is 15.9 Å². The van der Waals surface area contributed by atoms with Gasteiger partial charge in [-0.2, -0.15) is 0 Å². The number of hydrogen-bond acceptors (Lipinski definition) is 3. The van der Waals surface area contributed by atoms with E-state index in [1.54, 1.807) is 25.6 Å². The van der Waals surface area contributed by atoms with Crippen molar-refractivity contribution in [3.05, 3.63) is 58.3 Å². The molecule has 1 aromatic heterocycles. The molecule has 0 atom stereocenters. The Hall–Kier alpha value is -1.68. The lowest BCUT2D eigenvalue weighted by Gasteiger charge is -2.04. The number of pyridine rings is 1. The van der Waals surface area contributed by atoms with E-state index in [0.717, 1.165) is 10.0 Å². The van der Waals surface area contributed by atoms with Gasteiger partial charge in [-0.25, -0.2) is 0 Å². The number of nitrogens with zero attached hydrogens (tertiary/aromatic N) is 1. The number of carbonyl (C=O) groups excluding carboxylic acids is 1. The average molecular weight is 306 g/mol. The number of rotatable bonds is 4. The van der Waals surface area contributed by atoms with Crippen molar-refractivity contribution in [3.8, 4) is 5.75 Å². The summed E-state index contributed by atoms with van der Waals surface area (Å²) in [5.74, 6) is 0.620. The summed E-state index contributed by atoms with van der Waals surface area (Å²) < 4.78 is 6.02. The largest absolute Gasteiger partial charge is 0.495 e. The van der Waals surface area contributed by atoms with E-state index in [4.69, 9.17) is 4.74 Å². The number of aromatic nitrogens is 1. The summed E-state index contributed by atoms with van der Waals surface area (Å²) in [6, 6.07) is 9.41. The minimum absolute atomic E-state index is 0.0273. The van der Waals surface area contributed by atoms with Crippen LogP contribution in [0.25, 0.3) is 0 Å². The van der Waals surface area contributed by atoms with Crippen molar-refractivity contribution in [2.45, 2.75) is 6.42 Å². The zero-order valence-electron chi connectivity index (χ0n) is 9.89. The molecule has 0 fully saturated rings. The zero-order valence-corrected chi connectivity index (χ0v) is 11.5. The molecule has 0 saturated carbocycles. The van der Waals surface area contributed by atoms with Gasteiger partial charge in [-0.15, -0.1) is 0 Å². The number of methoxy groups -OCH3 is 1. The average Bonchev–Trinajstić information content (AvgIpc) is 2.39. The van der Waals surface area contributed by atoms with Gasteiger partial charge in [0.05, 0.1) is 13.3 Å². The Kier molecular flexibility index (Phi) is 4.10. The predicted molar refractivity (Wildman–Crippen MR) is 73.0 cm³/mol. The van der Waals surface area contributed by atoms with Crippen molar-refractivity contribution in [1.29, 1.82) is 0 Å². The van der Waals surface area contributed by atoms with E-state index in [1.807, 2.05) is 24.3 Å². The molecule has 0 saturated heterocycles. The fraction of sp³-hybridized carbons (Fsp3) is 0.143. The van der Waals surface area contributed by atoms with E-state index in [9.17, 15) is 4.79 Å². The van der Waals surface area contributed by atoms with E-state index in [-0.39, 0.29) is 5.78 Å². The number of ether oxygens (including phenoxy) is 1. The van der Waals surface area contributed by atoms with E-state index >= 15 is 0 Å². The van der Waals surface area contributed by atoms with Gasteiger partial charge in [-0.1, -0.05) is 28.1 Å². The third-order valence-corrected chi connectivity index (χ3v) is 3.02. The van der Waals surface area contributed by atoms with Gasteiger partial charge in [0, 0.05) is 22.7 Å². The minimum atomic E-state index is 0.0273. The van der Waals surface area contributed by atoms with Crippen molar-refractivity contribution < 1.29 is 9.53 Å². The van der Waals surface area contributed by atoms with Gasteiger partial charge in [0.2, 0.25) is 0 Å². The molecule has 1 aromatic carbocycles. The van der Waals surface area contributed by atoms with E-state index in [2.05, 4.69) is 20.9 Å². The predicted octanol–water partition coefficient (Wildman–Crippen LogP) is 3.28. The highest BCUT2D eigenvalue weighted by molar-refractivity contribution is 9.10. The van der Waals surface area contributed by atoms with Crippen LogP contribution in [0.3, 0.4) is 0 Å². The lowest BCUT2D eigenvalue weighted by molar-refractivity contribution is 0.0992. The molecule has 0 aliphatic carbocycles. The third kappa shape index (κ3) is 3.17. The Morgan fingerprint density at radius 1 is 1.33 bits per heavy atom. The van der Waals surface area contributed by atoms with Gasteiger partial charge < -0.3 is 4.74 Å². The molecule has 0 aliphatic rings. The summed E-state index contributed by atoms with van der Waals surface area (Å²) in [4.78, 5) is 16.1. The molecule has 0 N–H and O–H groups in total. The molecule has 92 valence electrons. The quantitative estimate of drug-likeness (QED) is 0.814. The van der Waals surface area contributed by atoms with E-state index in [0.29, 0.717) is 17.7 Å². The standard InChI is InChI=1S/C14H12BrNO2/c1-18-13-7-11(8-16-9-13)14(17)6-10-3-2-4-12(15)5-10/h2-5,7-9H,6H2,1H3. The van der Waals surface area contributed by atoms with Crippen LogP contribution in [0.4, 0.5) is 0 Å². The SMILES string of the molecule is COc1cncc(C(=O)Cc2cccc(Br)c2)c1. The summed E-state index contributed by atoms with van der Waals surface area (Å²) in [7, 11) is 1.56. The van der Waals surface area contributed by atoms with E-state index in [1.165, 1.54) is 0 Å². The Balaban J connectivity index is 2.16. The third-order valence-electron chi connectivity index (χ3n) is 2.52. The monoisotopic (exact) mass is 305 g/mol. The van der Waals surface area contributed by atoms with Gasteiger partial charge in [0.1, 0.15) is 5.75 Å². The van der Waals surface area contributed by atoms with Crippen LogP contribution in [0.2, 0.25) is 0 Å². The van der Waals surface area contributed by atoms with Gasteiger partial charge in [0.25, 0.3) is 0 Å². The van der Waals surface area contributed by atoms with Gasteiger partial charge in [-0.3, -0.25) is 9.78 Å². The maximum atomic E-state index is 12.1.